The molecule has 0 radical (unpaired) electrons. The first-order valence-corrected chi connectivity index (χ1v) is 11.9. The quantitative estimate of drug-likeness (QED) is 0.0595. The van der Waals surface area contributed by atoms with Crippen LogP contribution >= 0.6 is 0 Å². The molecule has 0 bridgehead atoms. The molecule has 1 aromatic rings. The van der Waals surface area contributed by atoms with E-state index >= 15 is 0 Å². The van der Waals surface area contributed by atoms with Crippen LogP contribution in [0.1, 0.15) is 37.7 Å². The molecule has 0 aliphatic carbocycles. The number of hydrogen-bond donors (Lipinski definition) is 9. The highest BCUT2D eigenvalue weighted by Crippen LogP contribution is 2.11. The van der Waals surface area contributed by atoms with Gasteiger partial charge in [-0.1, -0.05) is 12.1 Å². The average molecular weight is 523 g/mol. The first kappa shape index (κ1) is 31.1. The maximum absolute atomic E-state index is 12.7. The Morgan fingerprint density at radius 2 is 1.59 bits per heavy atom. The third-order valence-corrected chi connectivity index (χ3v) is 5.32. The minimum atomic E-state index is -1.26. The number of phenols is 1. The highest BCUT2D eigenvalue weighted by Gasteiger charge is 2.25. The second kappa shape index (κ2) is 16.7. The highest BCUT2D eigenvalue weighted by atomic mass is 16.4. The van der Waals surface area contributed by atoms with E-state index in [9.17, 15) is 29.4 Å². The third-order valence-electron chi connectivity index (χ3n) is 5.32. The Kier molecular flexibility index (Phi) is 14.1. The van der Waals surface area contributed by atoms with Crippen LogP contribution in [0.2, 0.25) is 0 Å². The van der Waals surface area contributed by atoms with E-state index in [1.165, 1.54) is 12.1 Å². The molecule has 1 rings (SSSR count). The normalized spacial score (nSPS) is 13.0. The van der Waals surface area contributed by atoms with E-state index in [4.69, 9.17) is 22.9 Å². The molecule has 0 saturated carbocycles. The van der Waals surface area contributed by atoms with Crippen molar-refractivity contribution < 1.29 is 29.4 Å². The molecule has 14 heteroatoms. The van der Waals surface area contributed by atoms with Crippen molar-refractivity contribution in [2.24, 2.45) is 27.9 Å². The van der Waals surface area contributed by atoms with E-state index < -0.39 is 48.4 Å². The van der Waals surface area contributed by atoms with Crippen LogP contribution < -0.4 is 38.9 Å². The van der Waals surface area contributed by atoms with E-state index in [0.717, 1.165) is 0 Å². The van der Waals surface area contributed by atoms with Crippen molar-refractivity contribution in [1.29, 1.82) is 0 Å². The van der Waals surface area contributed by atoms with Gasteiger partial charge in [0.2, 0.25) is 17.7 Å². The number of benzene rings is 1. The highest BCUT2D eigenvalue weighted by molar-refractivity contribution is 5.92. The van der Waals surface area contributed by atoms with E-state index in [-0.39, 0.29) is 24.6 Å². The van der Waals surface area contributed by atoms with E-state index in [0.29, 0.717) is 44.3 Å². The molecule has 0 spiro atoms. The summed E-state index contributed by atoms with van der Waals surface area (Å²) in [4.78, 5) is 52.9. The predicted octanol–water partition coefficient (Wildman–Crippen LogP) is -2.38. The van der Waals surface area contributed by atoms with Gasteiger partial charge in [-0.15, -0.1) is 0 Å². The van der Waals surface area contributed by atoms with Gasteiger partial charge in [-0.3, -0.25) is 19.4 Å². The zero-order chi connectivity index (χ0) is 27.8. The van der Waals surface area contributed by atoms with Gasteiger partial charge < -0.3 is 49.1 Å². The fourth-order valence-corrected chi connectivity index (χ4v) is 3.29. The summed E-state index contributed by atoms with van der Waals surface area (Å²) in [6.45, 7) is 0.224. The summed E-state index contributed by atoms with van der Waals surface area (Å²) in [5.74, 6) is -3.16. The SMILES string of the molecule is NCCCCC(NC(=O)C(N)CCCN=C(N)N)C(=O)NCC(=O)NC(Cc1ccc(O)cc1)C(=O)O. The van der Waals surface area contributed by atoms with Crippen molar-refractivity contribution in [2.45, 2.75) is 56.7 Å². The lowest BCUT2D eigenvalue weighted by atomic mass is 10.1. The van der Waals surface area contributed by atoms with Gasteiger partial charge in [-0.05, 0) is 56.3 Å². The Balaban J connectivity index is 2.65. The van der Waals surface area contributed by atoms with Gasteiger partial charge in [-0.25, -0.2) is 4.79 Å². The van der Waals surface area contributed by atoms with Gasteiger partial charge >= 0.3 is 5.97 Å². The summed E-state index contributed by atoms with van der Waals surface area (Å²) in [7, 11) is 0. The zero-order valence-electron chi connectivity index (χ0n) is 20.7. The number of carboxylic acids is 1. The molecule has 1 aromatic carbocycles. The van der Waals surface area contributed by atoms with Crippen molar-refractivity contribution in [3.63, 3.8) is 0 Å². The van der Waals surface area contributed by atoms with Crippen LogP contribution in [0.15, 0.2) is 29.3 Å². The second-order valence-corrected chi connectivity index (χ2v) is 8.45. The summed E-state index contributed by atoms with van der Waals surface area (Å²) >= 11 is 0. The molecule has 0 aliphatic heterocycles. The number of rotatable bonds is 17. The van der Waals surface area contributed by atoms with Crippen molar-refractivity contribution in [2.75, 3.05) is 19.6 Å². The summed E-state index contributed by atoms with van der Waals surface area (Å²) in [5.41, 5.74) is 22.5. The van der Waals surface area contributed by atoms with Gasteiger partial charge in [0, 0.05) is 13.0 Å². The molecule has 3 amide bonds. The number of carbonyl (C=O) groups is 4. The Bertz CT molecular complexity index is 920. The van der Waals surface area contributed by atoms with Crippen LogP contribution in [0, 0.1) is 0 Å². The number of aliphatic imine (C=N–C) groups is 1. The van der Waals surface area contributed by atoms with Crippen LogP contribution in [-0.2, 0) is 25.6 Å². The summed E-state index contributed by atoms with van der Waals surface area (Å²) < 4.78 is 0. The number of aromatic hydroxyl groups is 1. The smallest absolute Gasteiger partial charge is 0.326 e. The number of carbonyl (C=O) groups excluding carboxylic acids is 3. The second-order valence-electron chi connectivity index (χ2n) is 8.45. The molecular weight excluding hydrogens is 484 g/mol. The number of guanidine groups is 1. The van der Waals surface area contributed by atoms with Gasteiger partial charge in [0.25, 0.3) is 0 Å². The summed E-state index contributed by atoms with van der Waals surface area (Å²) in [6, 6.07) is 2.81. The third kappa shape index (κ3) is 13.1. The first-order valence-electron chi connectivity index (χ1n) is 11.9. The van der Waals surface area contributed by atoms with Gasteiger partial charge in [0.05, 0.1) is 12.6 Å². The van der Waals surface area contributed by atoms with Crippen LogP contribution in [0.5, 0.6) is 5.75 Å². The van der Waals surface area contributed by atoms with E-state index in [1.807, 2.05) is 0 Å². The van der Waals surface area contributed by atoms with Crippen LogP contribution in [0.25, 0.3) is 0 Å². The number of nitrogens with two attached hydrogens (primary N) is 4. The molecule has 0 aliphatic rings. The number of hydrogen-bond acceptors (Lipinski definition) is 8. The number of nitrogens with one attached hydrogen (secondary N) is 3. The number of amides is 3. The topological polar surface area (TPSA) is 261 Å². The molecule has 0 fully saturated rings. The fourth-order valence-electron chi connectivity index (χ4n) is 3.29. The molecule has 206 valence electrons. The van der Waals surface area contributed by atoms with Crippen molar-refractivity contribution >= 4 is 29.7 Å². The molecule has 0 aromatic heterocycles. The van der Waals surface area contributed by atoms with Crippen molar-refractivity contribution in [3.8, 4) is 5.75 Å². The molecule has 3 unspecified atom stereocenters. The van der Waals surface area contributed by atoms with Crippen LogP contribution in [0.4, 0.5) is 0 Å². The van der Waals surface area contributed by atoms with Gasteiger partial charge in [0.15, 0.2) is 5.96 Å². The average Bonchev–Trinajstić information content (AvgIpc) is 2.85. The molecule has 14 nitrogen and oxygen atoms in total. The molecular formula is C23H38N8O6. The number of phenolic OH excluding ortho intramolecular Hbond substituents is 1. The lowest BCUT2D eigenvalue weighted by Crippen LogP contribution is -2.53. The molecule has 13 N–H and O–H groups in total. The monoisotopic (exact) mass is 522 g/mol. The molecule has 37 heavy (non-hydrogen) atoms. The van der Waals surface area contributed by atoms with Gasteiger partial charge in [0.1, 0.15) is 17.8 Å². The van der Waals surface area contributed by atoms with Crippen LogP contribution in [0.3, 0.4) is 0 Å². The maximum Gasteiger partial charge on any atom is 0.326 e. The lowest BCUT2D eigenvalue weighted by Gasteiger charge is -2.21. The van der Waals surface area contributed by atoms with E-state index in [1.54, 1.807) is 12.1 Å². The van der Waals surface area contributed by atoms with Crippen molar-refractivity contribution in [1.82, 2.24) is 16.0 Å². The Morgan fingerprint density at radius 3 is 2.19 bits per heavy atom. The number of carboxylic acid groups (broad SMARTS) is 1. The van der Waals surface area contributed by atoms with Crippen molar-refractivity contribution in [3.05, 3.63) is 29.8 Å². The summed E-state index contributed by atoms with van der Waals surface area (Å²) in [6.07, 6.45) is 2.19. The Hall–Kier alpha value is -3.91. The Labute approximate surface area is 215 Å². The van der Waals surface area contributed by atoms with E-state index in [2.05, 4.69) is 20.9 Å². The lowest BCUT2D eigenvalue weighted by molar-refractivity contribution is -0.141. The number of aliphatic carboxylic acids is 1. The molecule has 3 atom stereocenters. The number of nitrogens with zero attached hydrogens (tertiary/aromatic N) is 1. The predicted molar refractivity (Wildman–Crippen MR) is 137 cm³/mol. The summed E-state index contributed by atoms with van der Waals surface area (Å²) in [5, 5.41) is 26.2. The zero-order valence-corrected chi connectivity index (χ0v) is 20.7. The fraction of sp³-hybridized carbons (Fsp3) is 0.522. The van der Waals surface area contributed by atoms with Crippen LogP contribution in [-0.4, -0.2) is 77.6 Å². The molecule has 0 heterocycles. The Morgan fingerprint density at radius 1 is 0.919 bits per heavy atom. The van der Waals surface area contributed by atoms with Gasteiger partial charge in [-0.2, -0.15) is 0 Å². The first-order chi connectivity index (χ1) is 17.5. The standard InChI is InChI=1S/C23H38N8O6/c24-10-2-1-5-17(31-20(34)16(25)4-3-11-28-23(26)27)21(35)29-13-19(33)30-18(22(36)37)12-14-6-8-15(32)9-7-14/h6-9,16-18,32H,1-5,10-13,24-25H2,(H,29,35)(H,30,33)(H,31,34)(H,36,37)(H4,26,27,28). The largest absolute Gasteiger partial charge is 0.508 e. The number of unbranched alkanes of at least 4 members (excludes halogenated alkanes) is 1. The molecule has 0 saturated heterocycles. The minimum Gasteiger partial charge on any atom is -0.508 e. The minimum absolute atomic E-state index is 0.0197. The maximum atomic E-state index is 12.7.